The lowest BCUT2D eigenvalue weighted by Crippen LogP contribution is -2.56. The van der Waals surface area contributed by atoms with Crippen LogP contribution in [0.15, 0.2) is 0 Å². The van der Waals surface area contributed by atoms with Crippen LogP contribution in [0.25, 0.3) is 0 Å². The van der Waals surface area contributed by atoms with Crippen LogP contribution in [-0.2, 0) is 14.8 Å². The van der Waals surface area contributed by atoms with Crippen LogP contribution in [0.1, 0.15) is 39.5 Å². The number of carbonyl (C=O) groups excluding carboxylic acids is 1. The zero-order chi connectivity index (χ0) is 15.5. The predicted molar refractivity (Wildman–Crippen MR) is 82.5 cm³/mol. The van der Waals surface area contributed by atoms with Gasteiger partial charge in [0.05, 0.1) is 5.75 Å². The van der Waals surface area contributed by atoms with E-state index in [-0.39, 0.29) is 17.7 Å². The summed E-state index contributed by atoms with van der Waals surface area (Å²) in [6.07, 6.45) is 2.94. The first-order valence-electron chi connectivity index (χ1n) is 7.97. The molecule has 0 aromatic carbocycles. The molecule has 2 unspecified atom stereocenters. The molecule has 2 heterocycles. The lowest BCUT2D eigenvalue weighted by molar-refractivity contribution is -0.135. The molecule has 2 saturated heterocycles. The highest BCUT2D eigenvalue weighted by Crippen LogP contribution is 2.24. The van der Waals surface area contributed by atoms with Crippen molar-refractivity contribution < 1.29 is 13.2 Å². The highest BCUT2D eigenvalue weighted by Gasteiger charge is 2.40. The molecule has 21 heavy (non-hydrogen) atoms. The van der Waals surface area contributed by atoms with Gasteiger partial charge in [-0.1, -0.05) is 13.3 Å². The van der Waals surface area contributed by atoms with Crippen molar-refractivity contribution in [3.8, 4) is 0 Å². The summed E-state index contributed by atoms with van der Waals surface area (Å²) in [4.78, 5) is 14.5. The Morgan fingerprint density at radius 2 is 2.10 bits per heavy atom. The standard InChI is InChI=1S/C14H27N3O3S/c1-3-4-10-21(19,20)17-8-5-6-13(17)14(18)16-9-7-15-12(2)11-16/h12-13,15H,3-11H2,1-2H3. The van der Waals surface area contributed by atoms with Gasteiger partial charge in [0.15, 0.2) is 0 Å². The van der Waals surface area contributed by atoms with Crippen molar-refractivity contribution in [3.63, 3.8) is 0 Å². The van der Waals surface area contributed by atoms with Crippen molar-refractivity contribution in [2.45, 2.75) is 51.6 Å². The predicted octanol–water partition coefficient (Wildman–Crippen LogP) is 0.401. The zero-order valence-electron chi connectivity index (χ0n) is 13.0. The highest BCUT2D eigenvalue weighted by molar-refractivity contribution is 7.89. The Morgan fingerprint density at radius 3 is 2.76 bits per heavy atom. The molecule has 2 atom stereocenters. The molecule has 1 N–H and O–H groups in total. The van der Waals surface area contributed by atoms with Gasteiger partial charge in [0.2, 0.25) is 15.9 Å². The highest BCUT2D eigenvalue weighted by atomic mass is 32.2. The van der Waals surface area contributed by atoms with E-state index >= 15 is 0 Å². The second-order valence-electron chi connectivity index (χ2n) is 6.08. The number of piperazine rings is 1. The molecule has 0 bridgehead atoms. The minimum atomic E-state index is -3.30. The number of nitrogens with zero attached hydrogens (tertiary/aromatic N) is 2. The van der Waals surface area contributed by atoms with Crippen LogP contribution in [0.4, 0.5) is 0 Å². The Hall–Kier alpha value is -0.660. The van der Waals surface area contributed by atoms with Gasteiger partial charge in [-0.05, 0) is 26.2 Å². The summed E-state index contributed by atoms with van der Waals surface area (Å²) in [5, 5.41) is 3.30. The first kappa shape index (κ1) is 16.7. The average molecular weight is 317 g/mol. The van der Waals surface area contributed by atoms with Crippen molar-refractivity contribution in [1.82, 2.24) is 14.5 Å². The number of amides is 1. The van der Waals surface area contributed by atoms with Gasteiger partial charge in [0.25, 0.3) is 0 Å². The summed E-state index contributed by atoms with van der Waals surface area (Å²) in [6, 6.07) is -0.202. The fraction of sp³-hybridized carbons (Fsp3) is 0.929. The molecule has 1 amide bonds. The van der Waals surface area contributed by atoms with E-state index in [2.05, 4.69) is 5.32 Å². The molecular weight excluding hydrogens is 290 g/mol. The average Bonchev–Trinajstić information content (AvgIpc) is 2.94. The van der Waals surface area contributed by atoms with E-state index in [4.69, 9.17) is 0 Å². The Kier molecular flexibility index (Phi) is 5.62. The van der Waals surface area contributed by atoms with E-state index < -0.39 is 16.1 Å². The molecule has 2 fully saturated rings. The maximum absolute atomic E-state index is 12.7. The quantitative estimate of drug-likeness (QED) is 0.797. The summed E-state index contributed by atoms with van der Waals surface area (Å²) >= 11 is 0. The van der Waals surface area contributed by atoms with E-state index in [1.807, 2.05) is 18.7 Å². The third kappa shape index (κ3) is 3.96. The smallest absolute Gasteiger partial charge is 0.241 e. The minimum Gasteiger partial charge on any atom is -0.338 e. The van der Waals surface area contributed by atoms with Crippen LogP contribution in [0.5, 0.6) is 0 Å². The van der Waals surface area contributed by atoms with Crippen molar-refractivity contribution in [2.24, 2.45) is 0 Å². The van der Waals surface area contributed by atoms with Crippen molar-refractivity contribution in [3.05, 3.63) is 0 Å². The van der Waals surface area contributed by atoms with Gasteiger partial charge in [0.1, 0.15) is 6.04 Å². The normalized spacial score (nSPS) is 28.0. The molecular formula is C14H27N3O3S. The lowest BCUT2D eigenvalue weighted by atomic mass is 10.1. The van der Waals surface area contributed by atoms with Crippen molar-refractivity contribution >= 4 is 15.9 Å². The van der Waals surface area contributed by atoms with Gasteiger partial charge in [0, 0.05) is 32.2 Å². The number of nitrogens with one attached hydrogen (secondary N) is 1. The van der Waals surface area contributed by atoms with Crippen LogP contribution in [0, 0.1) is 0 Å². The number of sulfonamides is 1. The molecule has 0 aromatic rings. The topological polar surface area (TPSA) is 69.7 Å². The van der Waals surface area contributed by atoms with Crippen LogP contribution >= 0.6 is 0 Å². The first-order valence-corrected chi connectivity index (χ1v) is 9.58. The number of hydrogen-bond donors (Lipinski definition) is 1. The van der Waals surface area contributed by atoms with E-state index in [0.29, 0.717) is 32.5 Å². The van der Waals surface area contributed by atoms with Gasteiger partial charge in [-0.3, -0.25) is 4.79 Å². The second-order valence-corrected chi connectivity index (χ2v) is 8.12. The third-order valence-corrected chi connectivity index (χ3v) is 6.24. The summed E-state index contributed by atoms with van der Waals surface area (Å²) in [6.45, 7) is 6.63. The molecule has 122 valence electrons. The Labute approximate surface area is 127 Å². The summed E-state index contributed by atoms with van der Waals surface area (Å²) in [5.74, 6) is 0.145. The number of unbranched alkanes of at least 4 members (excludes halogenated alkanes) is 1. The second kappa shape index (κ2) is 7.07. The van der Waals surface area contributed by atoms with E-state index in [9.17, 15) is 13.2 Å². The molecule has 7 heteroatoms. The van der Waals surface area contributed by atoms with Crippen LogP contribution in [-0.4, -0.2) is 67.5 Å². The first-order chi connectivity index (χ1) is 9.95. The molecule has 0 radical (unpaired) electrons. The molecule has 0 spiro atoms. The molecule has 2 aliphatic rings. The van der Waals surface area contributed by atoms with E-state index in [1.54, 1.807) is 0 Å². The summed E-state index contributed by atoms with van der Waals surface area (Å²) < 4.78 is 26.2. The minimum absolute atomic E-state index is 0.0130. The third-order valence-electron chi connectivity index (χ3n) is 4.28. The van der Waals surface area contributed by atoms with Crippen molar-refractivity contribution in [2.75, 3.05) is 31.9 Å². The Balaban J connectivity index is 2.05. The molecule has 0 saturated carbocycles. The SMILES string of the molecule is CCCCS(=O)(=O)N1CCCC1C(=O)N1CCNC(C)C1. The lowest BCUT2D eigenvalue weighted by Gasteiger charge is -2.35. The maximum atomic E-state index is 12.7. The zero-order valence-corrected chi connectivity index (χ0v) is 13.9. The van der Waals surface area contributed by atoms with Gasteiger partial charge in [-0.2, -0.15) is 4.31 Å². The van der Waals surface area contributed by atoms with Gasteiger partial charge in [-0.15, -0.1) is 0 Å². The summed E-state index contributed by atoms with van der Waals surface area (Å²) in [5.41, 5.74) is 0. The Bertz CT molecular complexity index is 466. The fourth-order valence-electron chi connectivity index (χ4n) is 3.11. The fourth-order valence-corrected chi connectivity index (χ4v) is 4.99. The van der Waals surface area contributed by atoms with Crippen LogP contribution in [0.2, 0.25) is 0 Å². The maximum Gasteiger partial charge on any atom is 0.241 e. The van der Waals surface area contributed by atoms with Gasteiger partial charge < -0.3 is 10.2 Å². The molecule has 2 rings (SSSR count). The molecule has 2 aliphatic heterocycles. The van der Waals surface area contributed by atoms with E-state index in [1.165, 1.54) is 4.31 Å². The number of rotatable bonds is 5. The van der Waals surface area contributed by atoms with Gasteiger partial charge in [-0.25, -0.2) is 8.42 Å². The van der Waals surface area contributed by atoms with Crippen molar-refractivity contribution in [1.29, 1.82) is 0 Å². The van der Waals surface area contributed by atoms with Crippen LogP contribution in [0.3, 0.4) is 0 Å². The largest absolute Gasteiger partial charge is 0.338 e. The van der Waals surface area contributed by atoms with E-state index in [0.717, 1.165) is 19.4 Å². The van der Waals surface area contributed by atoms with Gasteiger partial charge >= 0.3 is 0 Å². The molecule has 0 aromatic heterocycles. The monoisotopic (exact) mass is 317 g/mol. The Morgan fingerprint density at radius 1 is 1.33 bits per heavy atom. The van der Waals surface area contributed by atoms with Crippen LogP contribution < -0.4 is 5.32 Å². The summed E-state index contributed by atoms with van der Waals surface area (Å²) in [7, 11) is -3.30. The number of hydrogen-bond acceptors (Lipinski definition) is 4. The number of carbonyl (C=O) groups is 1. The molecule has 0 aliphatic carbocycles. The molecule has 6 nitrogen and oxygen atoms in total.